The second-order valence-electron chi connectivity index (χ2n) is 5.91. The maximum atomic E-state index is 2.25. The molecule has 0 unspecified atom stereocenters. The molecule has 2 aromatic carbocycles. The standard InChI is InChI=1S/C21H19N2/c1-16-8-6-7-11-18(16)21-19-12-15-23(17-9-4-3-5-10-17)20(19)13-14-22(21)2/h3-15H,1-2H3/q+1. The maximum absolute atomic E-state index is 2.25. The molecule has 0 aliphatic rings. The Morgan fingerprint density at radius 1 is 0.826 bits per heavy atom. The lowest BCUT2D eigenvalue weighted by Gasteiger charge is -2.08. The third-order valence-corrected chi connectivity index (χ3v) is 4.42. The summed E-state index contributed by atoms with van der Waals surface area (Å²) in [5, 5.41) is 1.27. The molecule has 0 aliphatic heterocycles. The van der Waals surface area contributed by atoms with Crippen molar-refractivity contribution in [2.45, 2.75) is 6.92 Å². The van der Waals surface area contributed by atoms with Gasteiger partial charge in [-0.05, 0) is 36.8 Å². The molecule has 0 fully saturated rings. The largest absolute Gasteiger partial charge is 0.316 e. The van der Waals surface area contributed by atoms with E-state index >= 15 is 0 Å². The van der Waals surface area contributed by atoms with Crippen LogP contribution in [-0.2, 0) is 7.05 Å². The summed E-state index contributed by atoms with van der Waals surface area (Å²) in [5.74, 6) is 0. The molecule has 112 valence electrons. The molecule has 2 nitrogen and oxygen atoms in total. The predicted octanol–water partition coefficient (Wildman–Crippen LogP) is 4.43. The molecule has 0 saturated heterocycles. The summed E-state index contributed by atoms with van der Waals surface area (Å²) in [6.07, 6.45) is 4.30. The number of hydrogen-bond acceptors (Lipinski definition) is 0. The van der Waals surface area contributed by atoms with E-state index in [0.29, 0.717) is 0 Å². The number of rotatable bonds is 2. The van der Waals surface area contributed by atoms with Crippen molar-refractivity contribution in [3.05, 3.63) is 84.7 Å². The van der Waals surface area contributed by atoms with Crippen LogP contribution in [0.3, 0.4) is 0 Å². The van der Waals surface area contributed by atoms with Gasteiger partial charge < -0.3 is 4.57 Å². The Hall–Kier alpha value is -2.87. The number of aromatic nitrogens is 2. The number of nitrogens with zero attached hydrogens (tertiary/aromatic N) is 2. The number of pyridine rings is 1. The summed E-state index contributed by atoms with van der Waals surface area (Å²) < 4.78 is 4.46. The Morgan fingerprint density at radius 2 is 1.57 bits per heavy atom. The van der Waals surface area contributed by atoms with Crippen molar-refractivity contribution in [2.75, 3.05) is 0 Å². The number of benzene rings is 2. The van der Waals surface area contributed by atoms with Gasteiger partial charge in [0.1, 0.15) is 7.05 Å². The highest BCUT2D eigenvalue weighted by Crippen LogP contribution is 2.29. The van der Waals surface area contributed by atoms with Gasteiger partial charge in [-0.1, -0.05) is 36.4 Å². The van der Waals surface area contributed by atoms with Crippen molar-refractivity contribution < 1.29 is 4.57 Å². The molecule has 0 saturated carbocycles. The zero-order chi connectivity index (χ0) is 15.8. The van der Waals surface area contributed by atoms with Gasteiger partial charge in [-0.25, -0.2) is 4.57 Å². The predicted molar refractivity (Wildman–Crippen MR) is 94.6 cm³/mol. The van der Waals surface area contributed by atoms with E-state index in [2.05, 4.69) is 96.2 Å². The molecule has 0 spiro atoms. The molecule has 0 amide bonds. The third kappa shape index (κ3) is 2.23. The first-order chi connectivity index (χ1) is 11.3. The lowest BCUT2D eigenvalue weighted by atomic mass is 10.0. The summed E-state index contributed by atoms with van der Waals surface area (Å²) >= 11 is 0. The van der Waals surface area contributed by atoms with Crippen LogP contribution in [0.2, 0.25) is 0 Å². The Kier molecular flexibility index (Phi) is 3.23. The van der Waals surface area contributed by atoms with E-state index in [9.17, 15) is 0 Å². The molecule has 0 radical (unpaired) electrons. The first kappa shape index (κ1) is 13.8. The van der Waals surface area contributed by atoms with Gasteiger partial charge >= 0.3 is 0 Å². The van der Waals surface area contributed by atoms with Gasteiger partial charge in [0.25, 0.3) is 0 Å². The highest BCUT2D eigenvalue weighted by atomic mass is 15.0. The van der Waals surface area contributed by atoms with Gasteiger partial charge in [0.2, 0.25) is 5.69 Å². The zero-order valence-electron chi connectivity index (χ0n) is 13.4. The molecule has 23 heavy (non-hydrogen) atoms. The topological polar surface area (TPSA) is 8.81 Å². The molecule has 4 aromatic rings. The van der Waals surface area contributed by atoms with Gasteiger partial charge in [-0.2, -0.15) is 0 Å². The average molecular weight is 299 g/mol. The Balaban J connectivity index is 2.02. The highest BCUT2D eigenvalue weighted by molar-refractivity contribution is 5.93. The summed E-state index contributed by atoms with van der Waals surface area (Å²) in [5.41, 5.74) is 6.25. The lowest BCUT2D eigenvalue weighted by Crippen LogP contribution is -2.30. The van der Waals surface area contributed by atoms with Crippen LogP contribution in [0.5, 0.6) is 0 Å². The zero-order valence-corrected chi connectivity index (χ0v) is 13.4. The smallest absolute Gasteiger partial charge is 0.222 e. The fourth-order valence-corrected chi connectivity index (χ4v) is 3.25. The van der Waals surface area contributed by atoms with Crippen LogP contribution in [0.25, 0.3) is 27.8 Å². The average Bonchev–Trinajstić information content (AvgIpc) is 3.00. The Bertz CT molecular complexity index is 981. The number of para-hydroxylation sites is 1. The van der Waals surface area contributed by atoms with Gasteiger partial charge in [-0.3, -0.25) is 0 Å². The molecule has 0 N–H and O–H groups in total. The normalized spacial score (nSPS) is 11.0. The van der Waals surface area contributed by atoms with Crippen molar-refractivity contribution in [1.82, 2.24) is 4.57 Å². The van der Waals surface area contributed by atoms with Crippen molar-refractivity contribution in [2.24, 2.45) is 7.05 Å². The van der Waals surface area contributed by atoms with E-state index < -0.39 is 0 Å². The second kappa shape index (κ2) is 5.40. The summed E-state index contributed by atoms with van der Waals surface area (Å²) in [6, 6.07) is 23.4. The quantitative estimate of drug-likeness (QED) is 0.484. The van der Waals surface area contributed by atoms with Gasteiger partial charge in [0, 0.05) is 23.5 Å². The molecule has 4 rings (SSSR count). The van der Waals surface area contributed by atoms with Crippen LogP contribution in [0.4, 0.5) is 0 Å². The van der Waals surface area contributed by atoms with Crippen molar-refractivity contribution in [3.63, 3.8) is 0 Å². The van der Waals surface area contributed by atoms with Gasteiger partial charge in [0.05, 0.1) is 10.9 Å². The first-order valence-electron chi connectivity index (χ1n) is 7.87. The van der Waals surface area contributed by atoms with Crippen molar-refractivity contribution in [3.8, 4) is 16.9 Å². The van der Waals surface area contributed by atoms with Crippen LogP contribution in [0.15, 0.2) is 79.1 Å². The van der Waals surface area contributed by atoms with Crippen LogP contribution >= 0.6 is 0 Å². The number of fused-ring (bicyclic) bond motifs is 1. The fraction of sp³-hybridized carbons (Fsp3) is 0.0952. The molecule has 2 heteroatoms. The molecule has 0 atom stereocenters. The summed E-state index contributed by atoms with van der Waals surface area (Å²) in [4.78, 5) is 0. The second-order valence-corrected chi connectivity index (χ2v) is 5.91. The van der Waals surface area contributed by atoms with Crippen molar-refractivity contribution >= 4 is 10.9 Å². The van der Waals surface area contributed by atoms with Crippen LogP contribution in [-0.4, -0.2) is 4.57 Å². The van der Waals surface area contributed by atoms with Crippen molar-refractivity contribution in [1.29, 1.82) is 0 Å². The lowest BCUT2D eigenvalue weighted by molar-refractivity contribution is -0.659. The fourth-order valence-electron chi connectivity index (χ4n) is 3.25. The molecular formula is C21H19N2+. The molecular weight excluding hydrogens is 280 g/mol. The molecule has 2 aromatic heterocycles. The van der Waals surface area contributed by atoms with Gasteiger partial charge in [-0.15, -0.1) is 0 Å². The first-order valence-corrected chi connectivity index (χ1v) is 7.87. The number of aryl methyl sites for hydroxylation is 2. The van der Waals surface area contributed by atoms with Gasteiger partial charge in [0.15, 0.2) is 6.20 Å². The third-order valence-electron chi connectivity index (χ3n) is 4.42. The minimum Gasteiger partial charge on any atom is -0.316 e. The summed E-state index contributed by atoms with van der Waals surface area (Å²) in [6.45, 7) is 2.17. The summed E-state index contributed by atoms with van der Waals surface area (Å²) in [7, 11) is 2.11. The molecule has 0 bridgehead atoms. The van der Waals surface area contributed by atoms with Crippen LogP contribution in [0.1, 0.15) is 5.56 Å². The van der Waals surface area contributed by atoms with Crippen LogP contribution < -0.4 is 4.57 Å². The molecule has 2 heterocycles. The Morgan fingerprint density at radius 3 is 2.35 bits per heavy atom. The Labute approximate surface area is 136 Å². The number of hydrogen-bond donors (Lipinski definition) is 0. The van der Waals surface area contributed by atoms with E-state index in [1.165, 1.54) is 33.4 Å². The molecule has 0 aliphatic carbocycles. The van der Waals surface area contributed by atoms with E-state index in [1.807, 2.05) is 6.07 Å². The monoisotopic (exact) mass is 299 g/mol. The van der Waals surface area contributed by atoms with Crippen LogP contribution in [0, 0.1) is 6.92 Å². The highest BCUT2D eigenvalue weighted by Gasteiger charge is 2.18. The minimum atomic E-state index is 1.19. The van der Waals surface area contributed by atoms with E-state index in [-0.39, 0.29) is 0 Å². The van der Waals surface area contributed by atoms with E-state index in [4.69, 9.17) is 0 Å². The van der Waals surface area contributed by atoms with E-state index in [0.717, 1.165) is 0 Å². The maximum Gasteiger partial charge on any atom is 0.222 e. The SMILES string of the molecule is Cc1ccccc1-c1c2ccn(-c3ccccc3)c2cc[n+]1C. The minimum absolute atomic E-state index is 1.19. The van der Waals surface area contributed by atoms with E-state index in [1.54, 1.807) is 0 Å².